The number of benzene rings is 1. The predicted octanol–water partition coefficient (Wildman–Crippen LogP) is 1.24. The normalized spacial score (nSPS) is 12.6. The highest BCUT2D eigenvalue weighted by Crippen LogP contribution is 2.24. The Morgan fingerprint density at radius 1 is 1.43 bits per heavy atom. The van der Waals surface area contributed by atoms with Crippen molar-refractivity contribution < 1.29 is 10.2 Å². The second-order valence-electron chi connectivity index (χ2n) is 3.17. The Kier molecular flexibility index (Phi) is 4.38. The molecule has 2 N–H and O–H groups in total. The van der Waals surface area contributed by atoms with Crippen LogP contribution in [0, 0.1) is 0 Å². The van der Waals surface area contributed by atoms with E-state index in [1.807, 2.05) is 36.2 Å². The van der Waals surface area contributed by atoms with Crippen molar-refractivity contribution in [2.75, 3.05) is 25.1 Å². The molecule has 78 valence electrons. The maximum absolute atomic E-state index is 9.27. The molecular weight excluding hydrogens is 246 g/mol. The highest BCUT2D eigenvalue weighted by Gasteiger charge is 2.09. The Bertz CT molecular complexity index is 293. The molecule has 4 heteroatoms. The molecule has 3 nitrogen and oxygen atoms in total. The third-order valence-corrected chi connectivity index (χ3v) is 2.63. The van der Waals surface area contributed by atoms with Gasteiger partial charge in [-0.25, -0.2) is 0 Å². The summed E-state index contributed by atoms with van der Waals surface area (Å²) < 4.78 is 0.979. The number of nitrogens with zero attached hydrogens (tertiary/aromatic N) is 1. The van der Waals surface area contributed by atoms with Gasteiger partial charge < -0.3 is 15.1 Å². The second-order valence-corrected chi connectivity index (χ2v) is 4.02. The lowest BCUT2D eigenvalue weighted by Crippen LogP contribution is -2.31. The molecule has 1 unspecified atom stereocenters. The fourth-order valence-corrected chi connectivity index (χ4v) is 1.82. The van der Waals surface area contributed by atoms with Crippen LogP contribution < -0.4 is 4.90 Å². The van der Waals surface area contributed by atoms with Crippen LogP contribution in [0.4, 0.5) is 5.69 Å². The number of para-hydroxylation sites is 1. The van der Waals surface area contributed by atoms with Crippen LogP contribution in [0.5, 0.6) is 0 Å². The Balaban J connectivity index is 2.69. The van der Waals surface area contributed by atoms with Gasteiger partial charge in [0.2, 0.25) is 0 Å². The average molecular weight is 260 g/mol. The van der Waals surface area contributed by atoms with Gasteiger partial charge in [-0.05, 0) is 28.1 Å². The molecule has 0 heterocycles. The summed E-state index contributed by atoms with van der Waals surface area (Å²) >= 11 is 3.42. The number of anilines is 1. The van der Waals surface area contributed by atoms with Crippen molar-refractivity contribution in [2.24, 2.45) is 0 Å². The molecule has 0 spiro atoms. The molecule has 0 amide bonds. The van der Waals surface area contributed by atoms with E-state index in [9.17, 15) is 5.11 Å². The lowest BCUT2D eigenvalue weighted by molar-refractivity contribution is 0.101. The molecule has 0 aliphatic carbocycles. The van der Waals surface area contributed by atoms with Crippen molar-refractivity contribution in [3.63, 3.8) is 0 Å². The average Bonchev–Trinajstić information content (AvgIpc) is 2.18. The SMILES string of the molecule is CN(CC(O)CO)c1ccccc1Br. The first-order valence-corrected chi connectivity index (χ1v) is 5.19. The summed E-state index contributed by atoms with van der Waals surface area (Å²) in [5, 5.41) is 18.0. The number of halogens is 1. The molecule has 0 aliphatic rings. The molecule has 1 atom stereocenters. The standard InChI is InChI=1S/C10H14BrNO2/c1-12(6-8(14)7-13)10-5-3-2-4-9(10)11/h2-5,8,13-14H,6-7H2,1H3. The van der Waals surface area contributed by atoms with Gasteiger partial charge in [0, 0.05) is 18.1 Å². The van der Waals surface area contributed by atoms with E-state index < -0.39 is 6.10 Å². The van der Waals surface area contributed by atoms with Gasteiger partial charge >= 0.3 is 0 Å². The summed E-state index contributed by atoms with van der Waals surface area (Å²) in [6, 6.07) is 7.76. The largest absolute Gasteiger partial charge is 0.394 e. The second kappa shape index (κ2) is 5.34. The van der Waals surface area contributed by atoms with Crippen LogP contribution in [-0.2, 0) is 0 Å². The number of hydrogen-bond acceptors (Lipinski definition) is 3. The molecule has 0 radical (unpaired) electrons. The maximum atomic E-state index is 9.27. The number of hydrogen-bond donors (Lipinski definition) is 2. The number of likely N-dealkylation sites (N-methyl/N-ethyl adjacent to an activating group) is 1. The van der Waals surface area contributed by atoms with Gasteiger partial charge in [-0.15, -0.1) is 0 Å². The molecule has 0 fully saturated rings. The van der Waals surface area contributed by atoms with Gasteiger partial charge in [0.05, 0.1) is 18.4 Å². The van der Waals surface area contributed by atoms with Crippen molar-refractivity contribution in [1.82, 2.24) is 0 Å². The third-order valence-electron chi connectivity index (χ3n) is 1.96. The zero-order valence-corrected chi connectivity index (χ0v) is 9.61. The smallest absolute Gasteiger partial charge is 0.0945 e. The fraction of sp³-hybridized carbons (Fsp3) is 0.400. The Morgan fingerprint density at radius 2 is 2.07 bits per heavy atom. The summed E-state index contributed by atoms with van der Waals surface area (Å²) in [5.74, 6) is 0. The van der Waals surface area contributed by atoms with Crippen LogP contribution in [0.25, 0.3) is 0 Å². The highest BCUT2D eigenvalue weighted by molar-refractivity contribution is 9.10. The van der Waals surface area contributed by atoms with E-state index in [-0.39, 0.29) is 6.61 Å². The Morgan fingerprint density at radius 3 is 2.64 bits per heavy atom. The Labute approximate surface area is 92.1 Å². The van der Waals surface area contributed by atoms with Crippen molar-refractivity contribution >= 4 is 21.6 Å². The number of aliphatic hydroxyl groups excluding tert-OH is 2. The van der Waals surface area contributed by atoms with Gasteiger partial charge in [0.1, 0.15) is 0 Å². The molecule has 1 aromatic rings. The third kappa shape index (κ3) is 2.97. The van der Waals surface area contributed by atoms with E-state index >= 15 is 0 Å². The van der Waals surface area contributed by atoms with Crippen LogP contribution in [0.3, 0.4) is 0 Å². The van der Waals surface area contributed by atoms with E-state index in [0.29, 0.717) is 6.54 Å². The lowest BCUT2D eigenvalue weighted by atomic mass is 10.2. The van der Waals surface area contributed by atoms with Gasteiger partial charge in [-0.3, -0.25) is 0 Å². The van der Waals surface area contributed by atoms with Crippen LogP contribution in [0.15, 0.2) is 28.7 Å². The molecule has 0 aliphatic heterocycles. The van der Waals surface area contributed by atoms with Gasteiger partial charge in [0.25, 0.3) is 0 Å². The molecule has 14 heavy (non-hydrogen) atoms. The van der Waals surface area contributed by atoms with E-state index in [4.69, 9.17) is 5.11 Å². The highest BCUT2D eigenvalue weighted by atomic mass is 79.9. The summed E-state index contributed by atoms with van der Waals surface area (Å²) in [5.41, 5.74) is 1.00. The van der Waals surface area contributed by atoms with E-state index in [2.05, 4.69) is 15.9 Å². The first kappa shape index (κ1) is 11.5. The summed E-state index contributed by atoms with van der Waals surface area (Å²) in [4.78, 5) is 1.89. The zero-order valence-electron chi connectivity index (χ0n) is 8.02. The van der Waals surface area contributed by atoms with Crippen molar-refractivity contribution in [2.45, 2.75) is 6.10 Å². The fourth-order valence-electron chi connectivity index (χ4n) is 1.23. The quantitative estimate of drug-likeness (QED) is 0.856. The van der Waals surface area contributed by atoms with Gasteiger partial charge in [0.15, 0.2) is 0 Å². The van der Waals surface area contributed by atoms with Crippen molar-refractivity contribution in [3.05, 3.63) is 28.7 Å². The van der Waals surface area contributed by atoms with Gasteiger partial charge in [-0.1, -0.05) is 12.1 Å². The zero-order chi connectivity index (χ0) is 10.6. The first-order chi connectivity index (χ1) is 6.65. The van der Waals surface area contributed by atoms with Crippen molar-refractivity contribution in [1.29, 1.82) is 0 Å². The summed E-state index contributed by atoms with van der Waals surface area (Å²) in [7, 11) is 1.87. The topological polar surface area (TPSA) is 43.7 Å². The van der Waals surface area contributed by atoms with E-state index in [0.717, 1.165) is 10.2 Å². The first-order valence-electron chi connectivity index (χ1n) is 4.39. The molecule has 1 aromatic carbocycles. The minimum absolute atomic E-state index is 0.213. The molecule has 0 aromatic heterocycles. The van der Waals surface area contributed by atoms with Gasteiger partial charge in [-0.2, -0.15) is 0 Å². The number of rotatable bonds is 4. The molecule has 0 saturated heterocycles. The minimum atomic E-state index is -0.702. The summed E-state index contributed by atoms with van der Waals surface area (Å²) in [6.07, 6.45) is -0.702. The molecule has 0 bridgehead atoms. The van der Waals surface area contributed by atoms with E-state index in [1.165, 1.54) is 0 Å². The summed E-state index contributed by atoms with van der Waals surface area (Å²) in [6.45, 7) is 0.202. The monoisotopic (exact) mass is 259 g/mol. The molecular formula is C10H14BrNO2. The maximum Gasteiger partial charge on any atom is 0.0945 e. The van der Waals surface area contributed by atoms with Crippen molar-refractivity contribution in [3.8, 4) is 0 Å². The Hall–Kier alpha value is -0.580. The minimum Gasteiger partial charge on any atom is -0.394 e. The number of aliphatic hydroxyl groups is 2. The van der Waals surface area contributed by atoms with Crippen LogP contribution in [0.2, 0.25) is 0 Å². The molecule has 1 rings (SSSR count). The van der Waals surface area contributed by atoms with E-state index in [1.54, 1.807) is 0 Å². The molecule has 0 saturated carbocycles. The van der Waals surface area contributed by atoms with Crippen LogP contribution in [-0.4, -0.2) is 36.5 Å². The van der Waals surface area contributed by atoms with Crippen LogP contribution in [0.1, 0.15) is 0 Å². The lowest BCUT2D eigenvalue weighted by Gasteiger charge is -2.22. The predicted molar refractivity (Wildman–Crippen MR) is 60.5 cm³/mol. The van der Waals surface area contributed by atoms with Crippen LogP contribution >= 0.6 is 15.9 Å².